The van der Waals surface area contributed by atoms with Gasteiger partial charge < -0.3 is 15.9 Å². The molecule has 0 aromatic heterocycles. The van der Waals surface area contributed by atoms with Crippen LogP contribution in [0.3, 0.4) is 0 Å². The second-order valence-electron chi connectivity index (χ2n) is 2.75. The molecule has 0 aliphatic rings. The maximum absolute atomic E-state index is 10.4. The van der Waals surface area contributed by atoms with Crippen LogP contribution in [-0.4, -0.2) is 39.7 Å². The summed E-state index contributed by atoms with van der Waals surface area (Å²) in [5.74, 6) is -1.57. The Bertz CT molecular complexity index is 190. The Labute approximate surface area is 89.8 Å². The molecular weight excluding hydrogens is 226 g/mol. The number of nitrogens with two attached hydrogens (primary N) is 1. The molecule has 0 fully saturated rings. The Morgan fingerprint density at radius 1 is 1.21 bits per heavy atom. The van der Waals surface area contributed by atoms with E-state index in [1.165, 1.54) is 21.6 Å². The van der Waals surface area contributed by atoms with Crippen molar-refractivity contribution in [1.82, 2.24) is 0 Å². The van der Waals surface area contributed by atoms with Gasteiger partial charge in [0.1, 0.15) is 6.04 Å². The number of rotatable bonds is 7. The molecular formula is C7H13NO4S2. The van der Waals surface area contributed by atoms with Gasteiger partial charge in [0, 0.05) is 11.5 Å². The van der Waals surface area contributed by atoms with E-state index >= 15 is 0 Å². The van der Waals surface area contributed by atoms with Gasteiger partial charge in [0.25, 0.3) is 0 Å². The van der Waals surface area contributed by atoms with Crippen molar-refractivity contribution in [3.8, 4) is 0 Å². The smallest absolute Gasteiger partial charge is 0.321 e. The Morgan fingerprint density at radius 3 is 2.14 bits per heavy atom. The van der Waals surface area contributed by atoms with Crippen molar-refractivity contribution in [2.45, 2.75) is 13.0 Å². The molecule has 0 aliphatic carbocycles. The van der Waals surface area contributed by atoms with Crippen molar-refractivity contribution in [2.75, 3.05) is 11.5 Å². The van der Waals surface area contributed by atoms with Crippen molar-refractivity contribution >= 4 is 33.5 Å². The van der Waals surface area contributed by atoms with Crippen LogP contribution < -0.4 is 5.73 Å². The zero-order valence-electron chi connectivity index (χ0n) is 7.67. The first-order chi connectivity index (χ1) is 6.45. The number of carbonyl (C=O) groups is 2. The van der Waals surface area contributed by atoms with Crippen molar-refractivity contribution in [2.24, 2.45) is 11.7 Å². The maximum atomic E-state index is 10.4. The fourth-order valence-electron chi connectivity index (χ4n) is 0.414. The van der Waals surface area contributed by atoms with E-state index in [-0.39, 0.29) is 5.75 Å². The highest BCUT2D eigenvalue weighted by molar-refractivity contribution is 8.76. The van der Waals surface area contributed by atoms with Crippen molar-refractivity contribution in [1.29, 1.82) is 0 Å². The van der Waals surface area contributed by atoms with E-state index in [9.17, 15) is 9.59 Å². The van der Waals surface area contributed by atoms with Gasteiger partial charge in [0.2, 0.25) is 0 Å². The molecule has 82 valence electrons. The van der Waals surface area contributed by atoms with E-state index in [1.54, 1.807) is 6.92 Å². The number of hydrogen-bond donors (Lipinski definition) is 3. The summed E-state index contributed by atoms with van der Waals surface area (Å²) in [6, 6.07) is -0.882. The van der Waals surface area contributed by atoms with E-state index in [0.29, 0.717) is 5.75 Å². The highest BCUT2D eigenvalue weighted by atomic mass is 33.1. The molecule has 2 atom stereocenters. The fourth-order valence-corrected chi connectivity index (χ4v) is 2.87. The fraction of sp³-hybridized carbons (Fsp3) is 0.714. The molecule has 7 heteroatoms. The molecule has 0 saturated heterocycles. The topological polar surface area (TPSA) is 101 Å². The van der Waals surface area contributed by atoms with Gasteiger partial charge in [0.15, 0.2) is 0 Å². The highest BCUT2D eigenvalue weighted by Crippen LogP contribution is 2.24. The zero-order chi connectivity index (χ0) is 11.1. The monoisotopic (exact) mass is 239 g/mol. The summed E-state index contributed by atoms with van der Waals surface area (Å²) in [6.07, 6.45) is 0. The third-order valence-electron chi connectivity index (χ3n) is 1.39. The second kappa shape index (κ2) is 6.97. The Hall–Kier alpha value is -0.400. The van der Waals surface area contributed by atoms with Crippen LogP contribution in [0, 0.1) is 5.92 Å². The first kappa shape index (κ1) is 13.6. The summed E-state index contributed by atoms with van der Waals surface area (Å²) in [5.41, 5.74) is 5.24. The van der Waals surface area contributed by atoms with Crippen LogP contribution >= 0.6 is 21.6 Å². The first-order valence-corrected chi connectivity index (χ1v) is 6.39. The third kappa shape index (κ3) is 6.11. The summed E-state index contributed by atoms with van der Waals surface area (Å²) < 4.78 is 0. The number of hydrogen-bond acceptors (Lipinski definition) is 5. The quantitative estimate of drug-likeness (QED) is 0.439. The molecule has 0 spiro atoms. The highest BCUT2D eigenvalue weighted by Gasteiger charge is 2.13. The summed E-state index contributed by atoms with van der Waals surface area (Å²) >= 11 is 0. The molecule has 4 N–H and O–H groups in total. The lowest BCUT2D eigenvalue weighted by Gasteiger charge is -2.06. The van der Waals surface area contributed by atoms with Gasteiger partial charge in [-0.25, -0.2) is 0 Å². The molecule has 5 nitrogen and oxygen atoms in total. The van der Waals surface area contributed by atoms with Crippen molar-refractivity contribution < 1.29 is 19.8 Å². The molecule has 14 heavy (non-hydrogen) atoms. The van der Waals surface area contributed by atoms with E-state index in [4.69, 9.17) is 15.9 Å². The summed E-state index contributed by atoms with van der Waals surface area (Å²) in [4.78, 5) is 20.7. The standard InChI is InChI=1S/C7H13NO4S2/c1-4(6(9)10)2-13-14-3-5(8)7(11)12/h4-5H,2-3,8H2,1H3,(H,9,10)(H,11,12)/t4-,5-/m0/s1. The minimum absolute atomic E-state index is 0.284. The molecule has 0 bridgehead atoms. The van der Waals surface area contributed by atoms with E-state index < -0.39 is 23.9 Å². The van der Waals surface area contributed by atoms with Gasteiger partial charge in [-0.15, -0.1) is 0 Å². The molecule has 0 heterocycles. The van der Waals surface area contributed by atoms with E-state index in [2.05, 4.69) is 0 Å². The molecule has 0 unspecified atom stereocenters. The Morgan fingerprint density at radius 2 is 1.71 bits per heavy atom. The lowest BCUT2D eigenvalue weighted by Crippen LogP contribution is -2.32. The number of aliphatic carboxylic acids is 2. The van der Waals surface area contributed by atoms with Gasteiger partial charge >= 0.3 is 11.9 Å². The maximum Gasteiger partial charge on any atom is 0.321 e. The third-order valence-corrected chi connectivity index (χ3v) is 4.00. The van der Waals surface area contributed by atoms with Crippen LogP contribution in [0.2, 0.25) is 0 Å². The average Bonchev–Trinajstić information content (AvgIpc) is 2.11. The molecule has 0 amide bonds. The minimum Gasteiger partial charge on any atom is -0.481 e. The second-order valence-corrected chi connectivity index (χ2v) is 5.31. The van der Waals surface area contributed by atoms with Gasteiger partial charge in [0.05, 0.1) is 5.92 Å². The summed E-state index contributed by atoms with van der Waals surface area (Å²) in [6.45, 7) is 1.60. The van der Waals surface area contributed by atoms with Crippen molar-refractivity contribution in [3.63, 3.8) is 0 Å². The van der Waals surface area contributed by atoms with Crippen LogP contribution in [0.1, 0.15) is 6.92 Å². The van der Waals surface area contributed by atoms with Crippen LogP contribution in [0.5, 0.6) is 0 Å². The zero-order valence-corrected chi connectivity index (χ0v) is 9.31. The number of carboxylic acids is 2. The predicted molar refractivity (Wildman–Crippen MR) is 57.3 cm³/mol. The van der Waals surface area contributed by atoms with Crippen LogP contribution in [-0.2, 0) is 9.59 Å². The van der Waals surface area contributed by atoms with Gasteiger partial charge in [-0.05, 0) is 0 Å². The van der Waals surface area contributed by atoms with E-state index in [1.807, 2.05) is 0 Å². The lowest BCUT2D eigenvalue weighted by atomic mass is 10.2. The SMILES string of the molecule is C[C@@H](CSSC[C@H](N)C(=O)O)C(=O)O. The first-order valence-electron chi connectivity index (χ1n) is 3.90. The van der Waals surface area contributed by atoms with Gasteiger partial charge in [-0.1, -0.05) is 28.5 Å². The molecule has 0 rings (SSSR count). The van der Waals surface area contributed by atoms with Crippen molar-refractivity contribution in [3.05, 3.63) is 0 Å². The van der Waals surface area contributed by atoms with Crippen LogP contribution in [0.25, 0.3) is 0 Å². The Balaban J connectivity index is 3.47. The lowest BCUT2D eigenvalue weighted by molar-refractivity contribution is -0.140. The van der Waals surface area contributed by atoms with E-state index in [0.717, 1.165) is 0 Å². The van der Waals surface area contributed by atoms with Crippen LogP contribution in [0.4, 0.5) is 0 Å². The summed E-state index contributed by atoms with van der Waals surface area (Å²) in [7, 11) is 2.61. The summed E-state index contributed by atoms with van der Waals surface area (Å²) in [5, 5.41) is 17.0. The molecule has 0 aromatic carbocycles. The van der Waals surface area contributed by atoms with Crippen LogP contribution in [0.15, 0.2) is 0 Å². The molecule has 0 aliphatic heterocycles. The normalized spacial score (nSPS) is 14.7. The molecule has 0 saturated carbocycles. The van der Waals surface area contributed by atoms with Gasteiger partial charge in [-0.3, -0.25) is 9.59 Å². The molecule has 0 aromatic rings. The molecule has 0 radical (unpaired) electrons. The largest absolute Gasteiger partial charge is 0.481 e. The Kier molecular flexibility index (Phi) is 6.77. The minimum atomic E-state index is -1.04. The average molecular weight is 239 g/mol. The van der Waals surface area contributed by atoms with Gasteiger partial charge in [-0.2, -0.15) is 0 Å². The number of carboxylic acid groups (broad SMARTS) is 2. The predicted octanol–water partition coefficient (Wildman–Crippen LogP) is 0.500.